The van der Waals surface area contributed by atoms with E-state index >= 15 is 0 Å². The molecule has 0 unspecified atom stereocenters. The second-order valence-electron chi connectivity index (χ2n) is 3.39. The smallest absolute Gasteiger partial charge is 0.259 e. The number of carbonyl (C=O) groups is 1. The summed E-state index contributed by atoms with van der Waals surface area (Å²) < 4.78 is 0. The maximum atomic E-state index is 12.0. The molecule has 2 aromatic rings. The molecule has 0 aliphatic heterocycles. The molecular formula is C10H11N5OS. The van der Waals surface area contributed by atoms with Crippen molar-refractivity contribution in [3.8, 4) is 0 Å². The summed E-state index contributed by atoms with van der Waals surface area (Å²) >= 11 is 1.26. The van der Waals surface area contributed by atoms with Crippen LogP contribution in [0.1, 0.15) is 15.9 Å². The maximum absolute atomic E-state index is 12.0. The first kappa shape index (κ1) is 11.5. The van der Waals surface area contributed by atoms with E-state index in [2.05, 4.69) is 20.9 Å². The van der Waals surface area contributed by atoms with Gasteiger partial charge in [0, 0.05) is 0 Å². The zero-order valence-electron chi connectivity index (χ0n) is 9.10. The van der Waals surface area contributed by atoms with Crippen molar-refractivity contribution in [2.24, 2.45) is 5.84 Å². The minimum atomic E-state index is -0.265. The Morgan fingerprint density at radius 3 is 2.94 bits per heavy atom. The molecule has 17 heavy (non-hydrogen) atoms. The van der Waals surface area contributed by atoms with Crippen molar-refractivity contribution in [2.75, 3.05) is 10.7 Å². The molecule has 0 atom stereocenters. The minimum Gasteiger partial charge on any atom is -0.323 e. The lowest BCUT2D eigenvalue weighted by atomic mass is 10.1. The van der Waals surface area contributed by atoms with Crippen LogP contribution in [0.4, 0.5) is 10.8 Å². The molecule has 0 saturated heterocycles. The quantitative estimate of drug-likeness (QED) is 0.564. The van der Waals surface area contributed by atoms with Crippen molar-refractivity contribution in [3.05, 3.63) is 34.8 Å². The van der Waals surface area contributed by atoms with Crippen LogP contribution >= 0.6 is 11.3 Å². The predicted molar refractivity (Wildman–Crippen MR) is 66.9 cm³/mol. The number of nitrogens with one attached hydrogen (secondary N) is 2. The van der Waals surface area contributed by atoms with Crippen molar-refractivity contribution >= 4 is 28.1 Å². The predicted octanol–water partition coefficient (Wildman–Crippen LogP) is 1.38. The number of nitrogens with zero attached hydrogens (tertiary/aromatic N) is 2. The molecule has 0 saturated carbocycles. The number of aromatic nitrogens is 2. The molecule has 0 aliphatic carbocycles. The summed E-state index contributed by atoms with van der Waals surface area (Å²) in [6, 6.07) is 5.38. The maximum Gasteiger partial charge on any atom is 0.259 e. The van der Waals surface area contributed by atoms with Gasteiger partial charge in [0.2, 0.25) is 5.13 Å². The van der Waals surface area contributed by atoms with Crippen LogP contribution in [0, 0.1) is 6.92 Å². The summed E-state index contributed by atoms with van der Waals surface area (Å²) in [6.45, 7) is 1.90. The Hall–Kier alpha value is -1.99. The number of carbonyl (C=O) groups excluding carboxylic acids is 1. The van der Waals surface area contributed by atoms with Crippen molar-refractivity contribution in [2.45, 2.75) is 6.92 Å². The molecule has 0 spiro atoms. The number of rotatable bonds is 3. The van der Waals surface area contributed by atoms with Crippen molar-refractivity contribution in [1.82, 2.24) is 10.2 Å². The highest BCUT2D eigenvalue weighted by atomic mass is 32.1. The highest BCUT2D eigenvalue weighted by molar-refractivity contribution is 7.13. The molecule has 6 nitrogen and oxygen atoms in total. The fraction of sp³-hybridized carbons (Fsp3) is 0.100. The Morgan fingerprint density at radius 2 is 2.29 bits per heavy atom. The molecule has 1 aromatic heterocycles. The number of hydrogen-bond acceptors (Lipinski definition) is 6. The van der Waals surface area contributed by atoms with Gasteiger partial charge in [-0.1, -0.05) is 23.0 Å². The van der Waals surface area contributed by atoms with Gasteiger partial charge < -0.3 is 5.43 Å². The van der Waals surface area contributed by atoms with Crippen LogP contribution in [0.15, 0.2) is 23.7 Å². The summed E-state index contributed by atoms with van der Waals surface area (Å²) in [5, 5.41) is 10.5. The van der Waals surface area contributed by atoms with Crippen LogP contribution < -0.4 is 16.6 Å². The van der Waals surface area contributed by atoms with E-state index in [1.54, 1.807) is 17.6 Å². The molecule has 4 N–H and O–H groups in total. The molecule has 1 heterocycles. The summed E-state index contributed by atoms with van der Waals surface area (Å²) in [6.07, 6.45) is 0. The summed E-state index contributed by atoms with van der Waals surface area (Å²) in [4.78, 5) is 12.0. The van der Waals surface area contributed by atoms with Gasteiger partial charge in [-0.3, -0.25) is 16.0 Å². The molecule has 0 aliphatic rings. The Kier molecular flexibility index (Phi) is 3.31. The van der Waals surface area contributed by atoms with Gasteiger partial charge >= 0.3 is 0 Å². The third kappa shape index (κ3) is 2.58. The number of aryl methyl sites for hydroxylation is 1. The topological polar surface area (TPSA) is 92.9 Å². The zero-order chi connectivity index (χ0) is 12.3. The monoisotopic (exact) mass is 249 g/mol. The molecule has 0 fully saturated rings. The van der Waals surface area contributed by atoms with Crippen LogP contribution in [0.3, 0.4) is 0 Å². The van der Waals surface area contributed by atoms with E-state index in [0.29, 0.717) is 16.4 Å². The van der Waals surface area contributed by atoms with Gasteiger partial charge in [0.05, 0.1) is 11.3 Å². The summed E-state index contributed by atoms with van der Waals surface area (Å²) in [5.41, 5.74) is 6.06. The number of benzene rings is 1. The largest absolute Gasteiger partial charge is 0.323 e. The molecular weight excluding hydrogens is 238 g/mol. The van der Waals surface area contributed by atoms with Gasteiger partial charge in [-0.25, -0.2) is 0 Å². The van der Waals surface area contributed by atoms with Crippen LogP contribution in [-0.4, -0.2) is 16.1 Å². The second-order valence-corrected chi connectivity index (χ2v) is 4.22. The van der Waals surface area contributed by atoms with Crippen molar-refractivity contribution in [3.63, 3.8) is 0 Å². The number of hydrazine groups is 1. The Labute approximate surface area is 102 Å². The zero-order valence-corrected chi connectivity index (χ0v) is 9.91. The third-order valence-corrected chi connectivity index (χ3v) is 2.76. The van der Waals surface area contributed by atoms with Crippen molar-refractivity contribution in [1.29, 1.82) is 0 Å². The average molecular weight is 249 g/mol. The van der Waals surface area contributed by atoms with Crippen molar-refractivity contribution < 1.29 is 4.79 Å². The lowest BCUT2D eigenvalue weighted by Crippen LogP contribution is -2.17. The van der Waals surface area contributed by atoms with Crippen LogP contribution in [0.5, 0.6) is 0 Å². The number of nitrogen functional groups attached to an aromatic ring is 1. The van der Waals surface area contributed by atoms with Crippen LogP contribution in [-0.2, 0) is 0 Å². The molecule has 1 aromatic carbocycles. The van der Waals surface area contributed by atoms with E-state index in [4.69, 9.17) is 5.84 Å². The molecule has 2 rings (SSSR count). The first-order valence-corrected chi connectivity index (χ1v) is 5.73. The standard InChI is InChI=1S/C10H11N5OS/c1-6-2-3-8(14-11)7(4-6)9(16)13-10-15-12-5-17-10/h2-5,14H,11H2,1H3,(H,13,15,16). The summed E-state index contributed by atoms with van der Waals surface area (Å²) in [5.74, 6) is 5.09. The van der Waals surface area contributed by atoms with E-state index < -0.39 is 0 Å². The van der Waals surface area contributed by atoms with Gasteiger partial charge in [-0.2, -0.15) is 0 Å². The Bertz CT molecular complexity index is 525. The fourth-order valence-corrected chi connectivity index (χ4v) is 1.80. The number of nitrogens with two attached hydrogens (primary N) is 1. The number of amides is 1. The van der Waals surface area contributed by atoms with Crippen LogP contribution in [0.25, 0.3) is 0 Å². The van der Waals surface area contributed by atoms with Gasteiger partial charge in [0.1, 0.15) is 5.51 Å². The van der Waals surface area contributed by atoms with Gasteiger partial charge in [0.15, 0.2) is 0 Å². The number of anilines is 2. The molecule has 1 amide bonds. The summed E-state index contributed by atoms with van der Waals surface area (Å²) in [7, 11) is 0. The Morgan fingerprint density at radius 1 is 1.47 bits per heavy atom. The highest BCUT2D eigenvalue weighted by Crippen LogP contribution is 2.18. The van der Waals surface area contributed by atoms with E-state index in [-0.39, 0.29) is 5.91 Å². The first-order valence-electron chi connectivity index (χ1n) is 4.85. The normalized spacial score (nSPS) is 10.0. The lowest BCUT2D eigenvalue weighted by molar-refractivity contribution is 0.102. The fourth-order valence-electron chi connectivity index (χ4n) is 1.36. The molecule has 7 heteroatoms. The van der Waals surface area contributed by atoms with Gasteiger partial charge in [-0.05, 0) is 19.1 Å². The second kappa shape index (κ2) is 4.89. The van der Waals surface area contributed by atoms with E-state index in [1.807, 2.05) is 13.0 Å². The van der Waals surface area contributed by atoms with Crippen LogP contribution in [0.2, 0.25) is 0 Å². The first-order chi connectivity index (χ1) is 8.20. The molecule has 88 valence electrons. The number of hydrogen-bond donors (Lipinski definition) is 3. The van der Waals surface area contributed by atoms with E-state index in [1.165, 1.54) is 11.3 Å². The molecule has 0 bridgehead atoms. The SMILES string of the molecule is Cc1ccc(NN)c(C(=O)Nc2nncs2)c1. The van der Waals surface area contributed by atoms with Gasteiger partial charge in [-0.15, -0.1) is 10.2 Å². The highest BCUT2D eigenvalue weighted by Gasteiger charge is 2.12. The van der Waals surface area contributed by atoms with E-state index in [9.17, 15) is 4.79 Å². The average Bonchev–Trinajstić information content (AvgIpc) is 2.81. The van der Waals surface area contributed by atoms with Gasteiger partial charge in [0.25, 0.3) is 5.91 Å². The lowest BCUT2D eigenvalue weighted by Gasteiger charge is -2.08. The molecule has 0 radical (unpaired) electrons. The Balaban J connectivity index is 2.26. The minimum absolute atomic E-state index is 0.265. The third-order valence-electron chi connectivity index (χ3n) is 2.16. The van der Waals surface area contributed by atoms with E-state index in [0.717, 1.165) is 5.56 Å².